The second-order valence-corrected chi connectivity index (χ2v) is 5.69. The van der Waals surface area contributed by atoms with Gasteiger partial charge in [-0.15, -0.1) is 11.3 Å². The van der Waals surface area contributed by atoms with Crippen LogP contribution in [0.1, 0.15) is 36.7 Å². The molecule has 0 saturated carbocycles. The lowest BCUT2D eigenvalue weighted by molar-refractivity contribution is -0.114. The molecule has 4 nitrogen and oxygen atoms in total. The predicted octanol–water partition coefficient (Wildman–Crippen LogP) is 4.11. The molecule has 1 aromatic heterocycles. The van der Waals surface area contributed by atoms with Gasteiger partial charge in [0, 0.05) is 17.9 Å². The van der Waals surface area contributed by atoms with Gasteiger partial charge < -0.3 is 10.1 Å². The summed E-state index contributed by atoms with van der Waals surface area (Å²) in [7, 11) is 0. The molecule has 0 bridgehead atoms. The van der Waals surface area contributed by atoms with Crippen molar-refractivity contribution < 1.29 is 14.3 Å². The van der Waals surface area contributed by atoms with Crippen LogP contribution in [0.25, 0.3) is 11.1 Å². The van der Waals surface area contributed by atoms with Gasteiger partial charge in [-0.25, -0.2) is 4.79 Å². The molecule has 1 heterocycles. The molecule has 2 aromatic rings. The second-order valence-electron chi connectivity index (χ2n) is 4.81. The van der Waals surface area contributed by atoms with E-state index in [1.807, 2.05) is 29.6 Å². The summed E-state index contributed by atoms with van der Waals surface area (Å²) in [5.41, 5.74) is 3.38. The third-order valence-corrected chi connectivity index (χ3v) is 4.13. The van der Waals surface area contributed by atoms with E-state index in [4.69, 9.17) is 4.74 Å². The van der Waals surface area contributed by atoms with Gasteiger partial charge in [0.1, 0.15) is 10.6 Å². The number of nitrogens with one attached hydrogen (secondary N) is 1. The van der Waals surface area contributed by atoms with Crippen molar-refractivity contribution in [3.8, 4) is 11.1 Å². The molecule has 0 saturated heterocycles. The standard InChI is InChI=1S/C17H19NO3S/c1-4-12-6-8-13(9-7-12)14-10-22-16(18-11(3)19)15(14)17(20)21-5-2/h6-10H,4-5H2,1-3H3,(H,18,19). The largest absolute Gasteiger partial charge is 0.462 e. The molecule has 2 rings (SSSR count). The van der Waals surface area contributed by atoms with E-state index in [-0.39, 0.29) is 5.91 Å². The summed E-state index contributed by atoms with van der Waals surface area (Å²) in [6, 6.07) is 8.06. The minimum Gasteiger partial charge on any atom is -0.462 e. The third-order valence-electron chi connectivity index (χ3n) is 3.23. The van der Waals surface area contributed by atoms with Crippen molar-refractivity contribution in [3.05, 3.63) is 40.8 Å². The van der Waals surface area contributed by atoms with Crippen LogP contribution in [0.4, 0.5) is 5.00 Å². The summed E-state index contributed by atoms with van der Waals surface area (Å²) in [5, 5.41) is 5.11. The molecule has 0 atom stereocenters. The summed E-state index contributed by atoms with van der Waals surface area (Å²) in [6.07, 6.45) is 0.964. The summed E-state index contributed by atoms with van der Waals surface area (Å²) in [5.74, 6) is -0.623. The number of carbonyl (C=O) groups excluding carboxylic acids is 2. The first-order valence-corrected chi connectivity index (χ1v) is 8.10. The van der Waals surface area contributed by atoms with E-state index < -0.39 is 5.97 Å². The Kier molecular flexibility index (Phi) is 5.33. The van der Waals surface area contributed by atoms with Crippen LogP contribution in [-0.4, -0.2) is 18.5 Å². The van der Waals surface area contributed by atoms with Crippen LogP contribution < -0.4 is 5.32 Å². The van der Waals surface area contributed by atoms with Gasteiger partial charge in [-0.3, -0.25) is 4.79 Å². The number of hydrogen-bond acceptors (Lipinski definition) is 4. The Hall–Kier alpha value is -2.14. The summed E-state index contributed by atoms with van der Waals surface area (Å²) < 4.78 is 5.13. The van der Waals surface area contributed by atoms with Gasteiger partial charge in [-0.2, -0.15) is 0 Å². The molecule has 0 spiro atoms. The number of thiophene rings is 1. The molecule has 22 heavy (non-hydrogen) atoms. The zero-order valence-corrected chi connectivity index (χ0v) is 13.8. The Balaban J connectivity index is 2.47. The van der Waals surface area contributed by atoms with Crippen molar-refractivity contribution in [1.29, 1.82) is 0 Å². The number of rotatable bonds is 5. The predicted molar refractivity (Wildman–Crippen MR) is 89.4 cm³/mol. The fraction of sp³-hybridized carbons (Fsp3) is 0.294. The number of aryl methyl sites for hydroxylation is 1. The Morgan fingerprint density at radius 1 is 1.18 bits per heavy atom. The smallest absolute Gasteiger partial charge is 0.341 e. The van der Waals surface area contributed by atoms with E-state index in [9.17, 15) is 9.59 Å². The Morgan fingerprint density at radius 2 is 1.86 bits per heavy atom. The van der Waals surface area contributed by atoms with Gasteiger partial charge in [0.2, 0.25) is 5.91 Å². The maximum Gasteiger partial charge on any atom is 0.341 e. The lowest BCUT2D eigenvalue weighted by Crippen LogP contribution is -2.11. The molecule has 0 aliphatic rings. The van der Waals surface area contributed by atoms with Crippen LogP contribution in [0.15, 0.2) is 29.6 Å². The second kappa shape index (κ2) is 7.22. The van der Waals surface area contributed by atoms with E-state index >= 15 is 0 Å². The van der Waals surface area contributed by atoms with Gasteiger partial charge in [0.15, 0.2) is 0 Å². The molecular formula is C17H19NO3S. The van der Waals surface area contributed by atoms with Crippen LogP contribution in [-0.2, 0) is 16.0 Å². The van der Waals surface area contributed by atoms with Gasteiger partial charge >= 0.3 is 5.97 Å². The fourth-order valence-corrected chi connectivity index (χ4v) is 3.15. The maximum absolute atomic E-state index is 12.3. The van der Waals surface area contributed by atoms with Crippen molar-refractivity contribution in [1.82, 2.24) is 0 Å². The Morgan fingerprint density at radius 3 is 2.41 bits per heavy atom. The normalized spacial score (nSPS) is 10.3. The van der Waals surface area contributed by atoms with E-state index in [1.165, 1.54) is 23.8 Å². The average Bonchev–Trinajstić information content (AvgIpc) is 2.90. The molecule has 0 aliphatic carbocycles. The SMILES string of the molecule is CCOC(=O)c1c(-c2ccc(CC)cc2)csc1NC(C)=O. The highest BCUT2D eigenvalue weighted by molar-refractivity contribution is 7.15. The molecule has 0 aliphatic heterocycles. The molecule has 1 amide bonds. The number of anilines is 1. The van der Waals surface area contributed by atoms with Crippen LogP contribution in [0, 0.1) is 0 Å². The number of hydrogen-bond donors (Lipinski definition) is 1. The van der Waals surface area contributed by atoms with Gasteiger partial charge in [-0.05, 0) is 24.5 Å². The van der Waals surface area contributed by atoms with E-state index in [0.29, 0.717) is 17.2 Å². The van der Waals surface area contributed by atoms with Crippen LogP contribution >= 0.6 is 11.3 Å². The topological polar surface area (TPSA) is 55.4 Å². The van der Waals surface area contributed by atoms with Crippen LogP contribution in [0.3, 0.4) is 0 Å². The average molecular weight is 317 g/mol. The molecule has 116 valence electrons. The number of ether oxygens (including phenoxy) is 1. The quantitative estimate of drug-likeness (QED) is 0.844. The van der Waals surface area contributed by atoms with Crippen molar-refractivity contribution >= 4 is 28.2 Å². The molecule has 1 N–H and O–H groups in total. The molecule has 5 heteroatoms. The number of esters is 1. The monoisotopic (exact) mass is 317 g/mol. The maximum atomic E-state index is 12.3. The number of amides is 1. The van der Waals surface area contributed by atoms with Gasteiger partial charge in [0.05, 0.1) is 6.61 Å². The molecular weight excluding hydrogens is 298 g/mol. The van der Waals surface area contributed by atoms with Gasteiger partial charge in [-0.1, -0.05) is 31.2 Å². The van der Waals surface area contributed by atoms with E-state index in [2.05, 4.69) is 12.2 Å². The number of benzene rings is 1. The van der Waals surface area contributed by atoms with Crippen molar-refractivity contribution in [2.45, 2.75) is 27.2 Å². The summed E-state index contributed by atoms with van der Waals surface area (Å²) in [6.45, 7) is 5.57. The molecule has 0 fully saturated rings. The van der Waals surface area contributed by atoms with Crippen molar-refractivity contribution in [2.75, 3.05) is 11.9 Å². The minimum atomic E-state index is -0.415. The first-order chi connectivity index (χ1) is 10.6. The lowest BCUT2D eigenvalue weighted by Gasteiger charge is -2.08. The zero-order chi connectivity index (χ0) is 16.1. The fourth-order valence-electron chi connectivity index (χ4n) is 2.15. The van der Waals surface area contributed by atoms with Crippen LogP contribution in [0.5, 0.6) is 0 Å². The minimum absolute atomic E-state index is 0.208. The molecule has 0 unspecified atom stereocenters. The van der Waals surface area contributed by atoms with E-state index in [0.717, 1.165) is 17.5 Å². The third kappa shape index (κ3) is 3.54. The molecule has 1 aromatic carbocycles. The van der Waals surface area contributed by atoms with Crippen molar-refractivity contribution in [3.63, 3.8) is 0 Å². The first-order valence-electron chi connectivity index (χ1n) is 7.22. The Labute approximate surface area is 134 Å². The first kappa shape index (κ1) is 16.2. The highest BCUT2D eigenvalue weighted by Gasteiger charge is 2.22. The van der Waals surface area contributed by atoms with Crippen molar-refractivity contribution in [2.24, 2.45) is 0 Å². The van der Waals surface area contributed by atoms with E-state index in [1.54, 1.807) is 6.92 Å². The van der Waals surface area contributed by atoms with Gasteiger partial charge in [0.25, 0.3) is 0 Å². The highest BCUT2D eigenvalue weighted by Crippen LogP contribution is 2.36. The summed E-state index contributed by atoms with van der Waals surface area (Å²) >= 11 is 1.33. The Bertz CT molecular complexity index is 674. The van der Waals surface area contributed by atoms with Crippen LogP contribution in [0.2, 0.25) is 0 Å². The number of carbonyl (C=O) groups is 2. The highest BCUT2D eigenvalue weighted by atomic mass is 32.1. The molecule has 0 radical (unpaired) electrons. The summed E-state index contributed by atoms with van der Waals surface area (Å²) in [4.78, 5) is 23.6. The lowest BCUT2D eigenvalue weighted by atomic mass is 10.0. The zero-order valence-electron chi connectivity index (χ0n) is 12.9.